The van der Waals surface area contributed by atoms with Gasteiger partial charge in [0, 0.05) is 19.2 Å². The van der Waals surface area contributed by atoms with Crippen molar-refractivity contribution in [3.63, 3.8) is 0 Å². The highest BCUT2D eigenvalue weighted by Crippen LogP contribution is 2.48. The highest BCUT2D eigenvalue weighted by atomic mass is 16.3. The molecule has 0 heterocycles. The van der Waals surface area contributed by atoms with Gasteiger partial charge in [0.15, 0.2) is 0 Å². The van der Waals surface area contributed by atoms with Crippen LogP contribution in [0.3, 0.4) is 0 Å². The molecule has 15 heavy (non-hydrogen) atoms. The Morgan fingerprint density at radius 3 is 2.33 bits per heavy atom. The molecule has 0 saturated heterocycles. The number of aliphatic hydroxyl groups excluding tert-OH is 2. The lowest BCUT2D eigenvalue weighted by Gasteiger charge is -2.28. The van der Waals surface area contributed by atoms with E-state index >= 15 is 0 Å². The zero-order valence-corrected chi connectivity index (χ0v) is 9.41. The van der Waals surface area contributed by atoms with Gasteiger partial charge < -0.3 is 15.5 Å². The maximum absolute atomic E-state index is 9.39. The molecule has 0 amide bonds. The van der Waals surface area contributed by atoms with Crippen LogP contribution in [0.4, 0.5) is 0 Å². The average Bonchev–Trinajstić information content (AvgIpc) is 2.99. The fraction of sp³-hybridized carbons (Fsp3) is 1.00. The van der Waals surface area contributed by atoms with E-state index in [9.17, 15) is 5.11 Å². The summed E-state index contributed by atoms with van der Waals surface area (Å²) >= 11 is 0. The molecule has 0 bridgehead atoms. The van der Waals surface area contributed by atoms with E-state index in [0.717, 1.165) is 38.6 Å². The van der Waals surface area contributed by atoms with E-state index in [1.54, 1.807) is 0 Å². The van der Waals surface area contributed by atoms with E-state index in [2.05, 4.69) is 5.32 Å². The first-order valence-corrected chi connectivity index (χ1v) is 6.26. The minimum atomic E-state index is -0.0598. The number of nitrogens with one attached hydrogen (secondary N) is 1. The van der Waals surface area contributed by atoms with E-state index in [1.165, 1.54) is 12.8 Å². The molecule has 2 saturated carbocycles. The first-order valence-electron chi connectivity index (χ1n) is 6.26. The number of hydrogen-bond donors (Lipinski definition) is 3. The van der Waals surface area contributed by atoms with Gasteiger partial charge in [0.2, 0.25) is 0 Å². The Labute approximate surface area is 91.9 Å². The smallest absolute Gasteiger partial charge is 0.0541 e. The Hall–Kier alpha value is -0.120. The van der Waals surface area contributed by atoms with Crippen LogP contribution in [-0.2, 0) is 0 Å². The second kappa shape index (κ2) is 4.81. The zero-order valence-electron chi connectivity index (χ0n) is 9.41. The van der Waals surface area contributed by atoms with Gasteiger partial charge in [-0.3, -0.25) is 0 Å². The SMILES string of the molecule is OCCC1(CNC2CCC(O)CC2)CC1. The van der Waals surface area contributed by atoms with Crippen LogP contribution in [0, 0.1) is 5.41 Å². The quantitative estimate of drug-likeness (QED) is 0.639. The maximum atomic E-state index is 9.39. The van der Waals surface area contributed by atoms with Crippen molar-refractivity contribution in [1.29, 1.82) is 0 Å². The number of hydrogen-bond acceptors (Lipinski definition) is 3. The molecule has 0 spiro atoms. The molecule has 0 aliphatic heterocycles. The van der Waals surface area contributed by atoms with Crippen molar-refractivity contribution in [2.75, 3.05) is 13.2 Å². The summed E-state index contributed by atoms with van der Waals surface area (Å²) < 4.78 is 0. The summed E-state index contributed by atoms with van der Waals surface area (Å²) in [7, 11) is 0. The molecule has 0 atom stereocenters. The van der Waals surface area contributed by atoms with E-state index < -0.39 is 0 Å². The predicted octanol–water partition coefficient (Wildman–Crippen LogP) is 1.04. The standard InChI is InChI=1S/C12H23NO2/c14-8-7-12(5-6-12)9-13-10-1-3-11(15)4-2-10/h10-11,13-15H,1-9H2. The fourth-order valence-electron chi connectivity index (χ4n) is 2.57. The Kier molecular flexibility index (Phi) is 3.65. The van der Waals surface area contributed by atoms with Gasteiger partial charge in [0.05, 0.1) is 6.10 Å². The molecule has 0 aromatic carbocycles. The molecule has 0 unspecified atom stereocenters. The van der Waals surface area contributed by atoms with Crippen LogP contribution in [0.25, 0.3) is 0 Å². The molecule has 2 aliphatic rings. The van der Waals surface area contributed by atoms with E-state index in [1.807, 2.05) is 0 Å². The summed E-state index contributed by atoms with van der Waals surface area (Å²) in [6, 6.07) is 0.601. The van der Waals surface area contributed by atoms with E-state index in [4.69, 9.17) is 5.11 Å². The summed E-state index contributed by atoms with van der Waals surface area (Å²) in [4.78, 5) is 0. The van der Waals surface area contributed by atoms with Gasteiger partial charge >= 0.3 is 0 Å². The molecule has 2 aliphatic carbocycles. The first-order chi connectivity index (χ1) is 7.24. The normalized spacial score (nSPS) is 34.0. The van der Waals surface area contributed by atoms with Gasteiger partial charge in [-0.1, -0.05) is 0 Å². The van der Waals surface area contributed by atoms with Gasteiger partial charge in [0.1, 0.15) is 0 Å². The van der Waals surface area contributed by atoms with Crippen molar-refractivity contribution < 1.29 is 10.2 Å². The zero-order chi connectivity index (χ0) is 10.7. The lowest BCUT2D eigenvalue weighted by Crippen LogP contribution is -2.38. The average molecular weight is 213 g/mol. The molecule has 2 fully saturated rings. The Bertz CT molecular complexity index is 196. The van der Waals surface area contributed by atoms with Gasteiger partial charge in [-0.15, -0.1) is 0 Å². The molecule has 3 heteroatoms. The fourth-order valence-corrected chi connectivity index (χ4v) is 2.57. The van der Waals surface area contributed by atoms with Crippen molar-refractivity contribution in [3.8, 4) is 0 Å². The predicted molar refractivity (Wildman–Crippen MR) is 59.6 cm³/mol. The maximum Gasteiger partial charge on any atom is 0.0541 e. The molecule has 0 radical (unpaired) electrons. The highest BCUT2D eigenvalue weighted by Gasteiger charge is 2.41. The third-order valence-electron chi connectivity index (χ3n) is 4.06. The summed E-state index contributed by atoms with van der Waals surface area (Å²) in [5.41, 5.74) is 0.421. The first kappa shape index (κ1) is 11.4. The van der Waals surface area contributed by atoms with Crippen LogP contribution in [-0.4, -0.2) is 35.5 Å². The third-order valence-corrected chi connectivity index (χ3v) is 4.06. The molecule has 0 aromatic rings. The largest absolute Gasteiger partial charge is 0.396 e. The van der Waals surface area contributed by atoms with Crippen molar-refractivity contribution in [3.05, 3.63) is 0 Å². The van der Waals surface area contributed by atoms with E-state index in [-0.39, 0.29) is 6.10 Å². The highest BCUT2D eigenvalue weighted by molar-refractivity contribution is 4.95. The second-order valence-electron chi connectivity index (χ2n) is 5.36. The Morgan fingerprint density at radius 1 is 1.13 bits per heavy atom. The molecular formula is C12H23NO2. The minimum absolute atomic E-state index is 0.0598. The van der Waals surface area contributed by atoms with Gasteiger partial charge in [-0.2, -0.15) is 0 Å². The molecule has 3 nitrogen and oxygen atoms in total. The van der Waals surface area contributed by atoms with Crippen molar-refractivity contribution in [2.45, 2.75) is 57.1 Å². The molecule has 88 valence electrons. The lowest BCUT2D eigenvalue weighted by molar-refractivity contribution is 0.115. The second-order valence-corrected chi connectivity index (χ2v) is 5.36. The van der Waals surface area contributed by atoms with Crippen LogP contribution in [0.2, 0.25) is 0 Å². The van der Waals surface area contributed by atoms with E-state index in [0.29, 0.717) is 18.1 Å². The summed E-state index contributed by atoms with van der Waals surface area (Å²) in [6.07, 6.45) is 7.55. The van der Waals surface area contributed by atoms with Crippen LogP contribution in [0.5, 0.6) is 0 Å². The molecule has 3 N–H and O–H groups in total. The summed E-state index contributed by atoms with van der Waals surface area (Å²) in [5.74, 6) is 0. The van der Waals surface area contributed by atoms with Crippen molar-refractivity contribution in [2.24, 2.45) is 5.41 Å². The topological polar surface area (TPSA) is 52.5 Å². The van der Waals surface area contributed by atoms with Gasteiger partial charge in [-0.25, -0.2) is 0 Å². The number of aliphatic hydroxyl groups is 2. The van der Waals surface area contributed by atoms with Crippen molar-refractivity contribution >= 4 is 0 Å². The van der Waals surface area contributed by atoms with Crippen LogP contribution >= 0.6 is 0 Å². The third kappa shape index (κ3) is 3.16. The monoisotopic (exact) mass is 213 g/mol. The Balaban J connectivity index is 1.65. The molecule has 2 rings (SSSR count). The van der Waals surface area contributed by atoms with Crippen LogP contribution < -0.4 is 5.32 Å². The van der Waals surface area contributed by atoms with Gasteiger partial charge in [-0.05, 0) is 50.4 Å². The van der Waals surface area contributed by atoms with Crippen LogP contribution in [0.15, 0.2) is 0 Å². The lowest BCUT2D eigenvalue weighted by atomic mass is 9.92. The minimum Gasteiger partial charge on any atom is -0.396 e. The molecular weight excluding hydrogens is 190 g/mol. The van der Waals surface area contributed by atoms with Gasteiger partial charge in [0.25, 0.3) is 0 Å². The van der Waals surface area contributed by atoms with Crippen molar-refractivity contribution in [1.82, 2.24) is 5.32 Å². The Morgan fingerprint density at radius 2 is 1.80 bits per heavy atom. The summed E-state index contributed by atoms with van der Waals surface area (Å²) in [6.45, 7) is 1.39. The number of rotatable bonds is 5. The summed E-state index contributed by atoms with van der Waals surface area (Å²) in [5, 5.41) is 22.0. The molecule has 0 aromatic heterocycles. The van der Waals surface area contributed by atoms with Crippen LogP contribution in [0.1, 0.15) is 44.9 Å².